The van der Waals surface area contributed by atoms with Crippen LogP contribution < -0.4 is 5.32 Å². The van der Waals surface area contributed by atoms with Gasteiger partial charge in [-0.25, -0.2) is 8.42 Å². The molecule has 0 unspecified atom stereocenters. The second-order valence-corrected chi connectivity index (χ2v) is 7.98. The highest BCUT2D eigenvalue weighted by molar-refractivity contribution is 7.91. The van der Waals surface area contributed by atoms with E-state index in [9.17, 15) is 13.2 Å². The topological polar surface area (TPSA) is 63.2 Å². The fourth-order valence-electron chi connectivity index (χ4n) is 2.36. The molecule has 4 nitrogen and oxygen atoms in total. The Hall–Kier alpha value is -2.66. The predicted octanol–water partition coefficient (Wildman–Crippen LogP) is 4.30. The molecule has 0 aliphatic rings. The van der Waals surface area contributed by atoms with Crippen molar-refractivity contribution < 1.29 is 13.2 Å². The molecule has 0 spiro atoms. The van der Waals surface area contributed by atoms with Gasteiger partial charge in [-0.3, -0.25) is 4.79 Å². The van der Waals surface area contributed by atoms with E-state index in [0.29, 0.717) is 18.5 Å². The molecule has 0 saturated heterocycles. The lowest BCUT2D eigenvalue weighted by molar-refractivity contribution is -0.112. The lowest BCUT2D eigenvalue weighted by Gasteiger charge is -2.11. The SMILES string of the molecule is C=CCC/C=C(/CS(=O)(=O)c1ccc(C)cc1)C(=O)Nc1ccccc1. The van der Waals surface area contributed by atoms with Gasteiger partial charge in [-0.15, -0.1) is 6.58 Å². The summed E-state index contributed by atoms with van der Waals surface area (Å²) in [6.45, 7) is 5.55. The van der Waals surface area contributed by atoms with E-state index in [1.54, 1.807) is 60.7 Å². The first-order valence-electron chi connectivity index (χ1n) is 8.38. The number of carbonyl (C=O) groups is 1. The maximum Gasteiger partial charge on any atom is 0.252 e. The molecule has 1 N–H and O–H groups in total. The Balaban J connectivity index is 2.23. The number of amides is 1. The van der Waals surface area contributed by atoms with E-state index < -0.39 is 15.7 Å². The lowest BCUT2D eigenvalue weighted by Crippen LogP contribution is -2.21. The van der Waals surface area contributed by atoms with Gasteiger partial charge in [-0.2, -0.15) is 0 Å². The van der Waals surface area contributed by atoms with Gasteiger partial charge in [-0.1, -0.05) is 48.0 Å². The van der Waals surface area contributed by atoms with Crippen molar-refractivity contribution in [3.05, 3.63) is 84.5 Å². The third-order valence-corrected chi connectivity index (χ3v) is 5.49. The van der Waals surface area contributed by atoms with E-state index in [-0.39, 0.29) is 16.2 Å². The van der Waals surface area contributed by atoms with Crippen LogP contribution in [-0.4, -0.2) is 20.1 Å². The number of aryl methyl sites for hydroxylation is 1. The highest BCUT2D eigenvalue weighted by Gasteiger charge is 2.21. The summed E-state index contributed by atoms with van der Waals surface area (Å²) >= 11 is 0. The van der Waals surface area contributed by atoms with Crippen LogP contribution >= 0.6 is 0 Å². The molecule has 2 aromatic rings. The molecule has 26 heavy (non-hydrogen) atoms. The quantitative estimate of drug-likeness (QED) is 0.429. The van der Waals surface area contributed by atoms with E-state index in [1.165, 1.54) is 0 Å². The van der Waals surface area contributed by atoms with Gasteiger partial charge in [0, 0.05) is 11.3 Å². The summed E-state index contributed by atoms with van der Waals surface area (Å²) in [4.78, 5) is 12.8. The zero-order chi connectivity index (χ0) is 19.0. The minimum Gasteiger partial charge on any atom is -0.322 e. The Morgan fingerprint density at radius 3 is 2.31 bits per heavy atom. The molecule has 0 aromatic heterocycles. The van der Waals surface area contributed by atoms with E-state index in [2.05, 4.69) is 11.9 Å². The number of hydrogen-bond acceptors (Lipinski definition) is 3. The third kappa shape index (κ3) is 5.70. The van der Waals surface area contributed by atoms with Crippen LogP contribution in [0.3, 0.4) is 0 Å². The standard InChI is InChI=1S/C21H23NO3S/c1-3-4-6-9-18(21(23)22-19-10-7-5-8-11-19)16-26(24,25)20-14-12-17(2)13-15-20/h3,5,7-15H,1,4,6,16H2,2H3,(H,22,23)/b18-9-. The highest BCUT2D eigenvalue weighted by Crippen LogP contribution is 2.17. The monoisotopic (exact) mass is 369 g/mol. The molecule has 0 aliphatic carbocycles. The number of unbranched alkanes of at least 4 members (excludes halogenated alkanes) is 1. The van der Waals surface area contributed by atoms with Crippen molar-refractivity contribution in [3.63, 3.8) is 0 Å². The highest BCUT2D eigenvalue weighted by atomic mass is 32.2. The average Bonchev–Trinajstić information content (AvgIpc) is 2.62. The van der Waals surface area contributed by atoms with Crippen molar-refractivity contribution >= 4 is 21.4 Å². The molecule has 0 atom stereocenters. The van der Waals surface area contributed by atoms with Crippen LogP contribution in [0.2, 0.25) is 0 Å². The van der Waals surface area contributed by atoms with Gasteiger partial charge in [0.1, 0.15) is 0 Å². The second-order valence-electron chi connectivity index (χ2n) is 5.99. The van der Waals surface area contributed by atoms with Gasteiger partial charge in [0.15, 0.2) is 9.84 Å². The largest absolute Gasteiger partial charge is 0.322 e. The first-order chi connectivity index (χ1) is 12.4. The number of para-hydroxylation sites is 1. The zero-order valence-corrected chi connectivity index (χ0v) is 15.6. The molecule has 0 saturated carbocycles. The Kier molecular flexibility index (Phi) is 6.92. The number of anilines is 1. The maximum atomic E-state index is 12.7. The number of carbonyl (C=O) groups excluding carboxylic acids is 1. The number of benzene rings is 2. The van der Waals surface area contributed by atoms with Crippen molar-refractivity contribution in [2.45, 2.75) is 24.7 Å². The van der Waals surface area contributed by atoms with Crippen LogP contribution in [0.5, 0.6) is 0 Å². The molecule has 0 aliphatic heterocycles. The number of sulfone groups is 1. The Labute approximate surface area is 155 Å². The van der Waals surface area contributed by atoms with Gasteiger partial charge < -0.3 is 5.32 Å². The number of rotatable bonds is 8. The summed E-state index contributed by atoms with van der Waals surface area (Å²) in [7, 11) is -3.61. The van der Waals surface area contributed by atoms with Gasteiger partial charge in [-0.05, 0) is 44.0 Å². The van der Waals surface area contributed by atoms with Crippen molar-refractivity contribution in [1.29, 1.82) is 0 Å². The van der Waals surface area contributed by atoms with Gasteiger partial charge in [0.2, 0.25) is 0 Å². The van der Waals surface area contributed by atoms with Crippen LogP contribution in [0.1, 0.15) is 18.4 Å². The molecule has 0 radical (unpaired) electrons. The van der Waals surface area contributed by atoms with Crippen molar-refractivity contribution in [3.8, 4) is 0 Å². The van der Waals surface area contributed by atoms with Crippen LogP contribution in [0.25, 0.3) is 0 Å². The fourth-order valence-corrected chi connectivity index (χ4v) is 3.73. The third-order valence-electron chi connectivity index (χ3n) is 3.81. The van der Waals surface area contributed by atoms with Crippen molar-refractivity contribution in [1.82, 2.24) is 0 Å². The Bertz CT molecular complexity index is 883. The molecule has 2 rings (SSSR count). The fraction of sp³-hybridized carbons (Fsp3) is 0.190. The number of nitrogens with one attached hydrogen (secondary N) is 1. The summed E-state index contributed by atoms with van der Waals surface area (Å²) in [5.74, 6) is -0.748. The molecule has 1 amide bonds. The van der Waals surface area contributed by atoms with Crippen LogP contribution in [-0.2, 0) is 14.6 Å². The molecule has 136 valence electrons. The first kappa shape index (κ1) is 19.7. The van der Waals surface area contributed by atoms with Crippen LogP contribution in [0.15, 0.2) is 83.8 Å². The summed E-state index contributed by atoms with van der Waals surface area (Å²) in [6.07, 6.45) is 4.64. The summed E-state index contributed by atoms with van der Waals surface area (Å²) in [6, 6.07) is 15.6. The van der Waals surface area contributed by atoms with Crippen molar-refractivity contribution in [2.24, 2.45) is 0 Å². The molecular formula is C21H23NO3S. The summed E-state index contributed by atoms with van der Waals surface area (Å²) in [5.41, 5.74) is 1.84. The normalized spacial score (nSPS) is 11.8. The molecular weight excluding hydrogens is 346 g/mol. The summed E-state index contributed by atoms with van der Waals surface area (Å²) < 4.78 is 25.4. The van der Waals surface area contributed by atoms with Crippen LogP contribution in [0, 0.1) is 6.92 Å². The maximum absolute atomic E-state index is 12.7. The lowest BCUT2D eigenvalue weighted by atomic mass is 10.2. The van der Waals surface area contributed by atoms with E-state index in [0.717, 1.165) is 5.56 Å². The molecule has 5 heteroatoms. The molecule has 0 fully saturated rings. The zero-order valence-electron chi connectivity index (χ0n) is 14.8. The van der Waals surface area contributed by atoms with E-state index in [1.807, 2.05) is 13.0 Å². The van der Waals surface area contributed by atoms with Gasteiger partial charge >= 0.3 is 0 Å². The smallest absolute Gasteiger partial charge is 0.252 e. The second kappa shape index (κ2) is 9.15. The Morgan fingerprint density at radius 1 is 1.04 bits per heavy atom. The first-order valence-corrected chi connectivity index (χ1v) is 10.0. The van der Waals surface area contributed by atoms with Gasteiger partial charge in [0.05, 0.1) is 10.6 Å². The Morgan fingerprint density at radius 2 is 1.69 bits per heavy atom. The van der Waals surface area contributed by atoms with Crippen LogP contribution in [0.4, 0.5) is 5.69 Å². The number of hydrogen-bond donors (Lipinski definition) is 1. The molecule has 0 bridgehead atoms. The van der Waals surface area contributed by atoms with E-state index >= 15 is 0 Å². The summed E-state index contributed by atoms with van der Waals surface area (Å²) in [5, 5.41) is 2.75. The average molecular weight is 369 g/mol. The molecule has 0 heterocycles. The van der Waals surface area contributed by atoms with Gasteiger partial charge in [0.25, 0.3) is 5.91 Å². The molecule has 2 aromatic carbocycles. The van der Waals surface area contributed by atoms with E-state index in [4.69, 9.17) is 0 Å². The number of allylic oxidation sites excluding steroid dienone is 2. The predicted molar refractivity (Wildman–Crippen MR) is 106 cm³/mol. The minimum absolute atomic E-state index is 0.213. The van der Waals surface area contributed by atoms with Crippen molar-refractivity contribution in [2.75, 3.05) is 11.1 Å². The minimum atomic E-state index is -3.61.